The van der Waals surface area contributed by atoms with Crippen molar-refractivity contribution in [2.45, 2.75) is 37.5 Å². The van der Waals surface area contributed by atoms with E-state index in [1.54, 1.807) is 12.1 Å². The second kappa shape index (κ2) is 4.94. The summed E-state index contributed by atoms with van der Waals surface area (Å²) in [6, 6.07) is 10.8. The lowest BCUT2D eigenvalue weighted by Crippen LogP contribution is -2.25. The van der Waals surface area contributed by atoms with Gasteiger partial charge in [-0.05, 0) is 71.9 Å². The fourth-order valence-electron chi connectivity index (χ4n) is 4.53. The molecule has 22 heavy (non-hydrogen) atoms. The van der Waals surface area contributed by atoms with Crippen molar-refractivity contribution < 1.29 is 15.3 Å². The van der Waals surface area contributed by atoms with Gasteiger partial charge in [0.15, 0.2) is 0 Å². The Morgan fingerprint density at radius 1 is 0.818 bits per heavy atom. The molecule has 114 valence electrons. The van der Waals surface area contributed by atoms with Crippen molar-refractivity contribution in [3.63, 3.8) is 0 Å². The van der Waals surface area contributed by atoms with Crippen molar-refractivity contribution in [3.05, 3.63) is 53.1 Å². The Kier molecular flexibility index (Phi) is 3.03. The Morgan fingerprint density at radius 2 is 1.59 bits per heavy atom. The van der Waals surface area contributed by atoms with Crippen molar-refractivity contribution in [1.82, 2.24) is 0 Å². The van der Waals surface area contributed by atoms with Gasteiger partial charge in [-0.15, -0.1) is 0 Å². The number of hydrogen-bond donors (Lipinski definition) is 3. The van der Waals surface area contributed by atoms with Gasteiger partial charge in [0.05, 0.1) is 0 Å². The first-order valence-corrected chi connectivity index (χ1v) is 7.97. The summed E-state index contributed by atoms with van der Waals surface area (Å²) >= 11 is 0. The van der Waals surface area contributed by atoms with Crippen LogP contribution in [-0.2, 0) is 6.42 Å². The molecule has 1 fully saturated rings. The molecule has 0 radical (unpaired) electrons. The Labute approximate surface area is 129 Å². The van der Waals surface area contributed by atoms with Crippen molar-refractivity contribution in [2.75, 3.05) is 0 Å². The molecule has 0 heterocycles. The van der Waals surface area contributed by atoms with Crippen LogP contribution in [0.3, 0.4) is 0 Å². The van der Waals surface area contributed by atoms with E-state index in [-0.39, 0.29) is 17.2 Å². The summed E-state index contributed by atoms with van der Waals surface area (Å²) in [5.74, 6) is 2.00. The molecule has 3 nitrogen and oxygen atoms in total. The summed E-state index contributed by atoms with van der Waals surface area (Å²) in [6.07, 6.45) is 4.30. The highest BCUT2D eigenvalue weighted by molar-refractivity contribution is 5.50. The smallest absolute Gasteiger partial charge is 0.122 e. The van der Waals surface area contributed by atoms with E-state index in [4.69, 9.17) is 0 Å². The molecule has 0 bridgehead atoms. The number of phenolic OH excluding ortho intramolecular Hbond substituents is 3. The zero-order valence-electron chi connectivity index (χ0n) is 12.4. The maximum atomic E-state index is 10.3. The van der Waals surface area contributed by atoms with Crippen molar-refractivity contribution in [2.24, 2.45) is 5.92 Å². The van der Waals surface area contributed by atoms with Gasteiger partial charge in [-0.25, -0.2) is 0 Å². The molecular weight excluding hydrogens is 276 g/mol. The summed E-state index contributed by atoms with van der Waals surface area (Å²) in [4.78, 5) is 0. The van der Waals surface area contributed by atoms with Crippen LogP contribution in [0.5, 0.6) is 17.2 Å². The van der Waals surface area contributed by atoms with Crippen LogP contribution < -0.4 is 0 Å². The van der Waals surface area contributed by atoms with Gasteiger partial charge in [-0.3, -0.25) is 0 Å². The number of aromatic hydroxyl groups is 3. The number of phenols is 3. The molecule has 0 aromatic heterocycles. The SMILES string of the molecule is Oc1ccc([C@@H]2Cc3c(O)cc(O)cc3[C@@H]3CCC[C@H]23)cc1. The third-order valence-corrected chi connectivity index (χ3v) is 5.48. The third-order valence-electron chi connectivity index (χ3n) is 5.48. The van der Waals surface area contributed by atoms with Crippen molar-refractivity contribution >= 4 is 0 Å². The van der Waals surface area contributed by atoms with E-state index in [1.165, 1.54) is 24.5 Å². The van der Waals surface area contributed by atoms with Crippen LogP contribution in [0.25, 0.3) is 0 Å². The van der Waals surface area contributed by atoms with E-state index < -0.39 is 0 Å². The highest BCUT2D eigenvalue weighted by Gasteiger charge is 2.41. The van der Waals surface area contributed by atoms with Crippen LogP contribution in [-0.4, -0.2) is 15.3 Å². The van der Waals surface area contributed by atoms with Crippen molar-refractivity contribution in [3.8, 4) is 17.2 Å². The predicted octanol–water partition coefficient (Wildman–Crippen LogP) is 4.03. The zero-order chi connectivity index (χ0) is 15.3. The van der Waals surface area contributed by atoms with Gasteiger partial charge >= 0.3 is 0 Å². The van der Waals surface area contributed by atoms with Crippen LogP contribution in [0, 0.1) is 5.92 Å². The highest BCUT2D eigenvalue weighted by Crippen LogP contribution is 2.54. The quantitative estimate of drug-likeness (QED) is 0.744. The lowest BCUT2D eigenvalue weighted by atomic mass is 9.68. The van der Waals surface area contributed by atoms with E-state index in [0.717, 1.165) is 24.0 Å². The molecule has 2 aliphatic rings. The molecule has 3 N–H and O–H groups in total. The highest BCUT2D eigenvalue weighted by atomic mass is 16.3. The van der Waals surface area contributed by atoms with Gasteiger partial charge in [0, 0.05) is 6.07 Å². The molecule has 3 heteroatoms. The van der Waals surface area contributed by atoms with Crippen LogP contribution >= 0.6 is 0 Å². The average Bonchev–Trinajstić information content (AvgIpc) is 2.97. The van der Waals surface area contributed by atoms with E-state index >= 15 is 0 Å². The maximum Gasteiger partial charge on any atom is 0.122 e. The first-order chi connectivity index (χ1) is 10.6. The number of hydrogen-bond acceptors (Lipinski definition) is 3. The van der Waals surface area contributed by atoms with Gasteiger partial charge in [-0.2, -0.15) is 0 Å². The van der Waals surface area contributed by atoms with Crippen LogP contribution in [0.1, 0.15) is 47.8 Å². The molecule has 2 aromatic carbocycles. The van der Waals surface area contributed by atoms with E-state index in [9.17, 15) is 15.3 Å². The Hall–Kier alpha value is -2.16. The van der Waals surface area contributed by atoms with Gasteiger partial charge in [0.2, 0.25) is 0 Å². The first kappa shape index (κ1) is 13.5. The number of fused-ring (bicyclic) bond motifs is 3. The topological polar surface area (TPSA) is 60.7 Å². The number of rotatable bonds is 1. The van der Waals surface area contributed by atoms with Gasteiger partial charge in [0.25, 0.3) is 0 Å². The lowest BCUT2D eigenvalue weighted by molar-refractivity contribution is 0.351. The molecule has 0 aliphatic heterocycles. The Bertz CT molecular complexity index is 705. The molecule has 0 amide bonds. The fourth-order valence-corrected chi connectivity index (χ4v) is 4.53. The maximum absolute atomic E-state index is 10.3. The molecule has 2 aliphatic carbocycles. The second-order valence-corrected chi connectivity index (χ2v) is 6.64. The normalized spacial score (nSPS) is 26.5. The molecule has 0 spiro atoms. The molecule has 1 saturated carbocycles. The Balaban J connectivity index is 1.81. The van der Waals surface area contributed by atoms with Gasteiger partial charge < -0.3 is 15.3 Å². The van der Waals surface area contributed by atoms with Gasteiger partial charge in [-0.1, -0.05) is 18.6 Å². The zero-order valence-corrected chi connectivity index (χ0v) is 12.4. The van der Waals surface area contributed by atoms with E-state index in [0.29, 0.717) is 17.8 Å². The molecule has 0 saturated heterocycles. The minimum absolute atomic E-state index is 0.157. The lowest BCUT2D eigenvalue weighted by Gasteiger charge is -2.36. The van der Waals surface area contributed by atoms with Crippen LogP contribution in [0.15, 0.2) is 36.4 Å². The third kappa shape index (κ3) is 2.04. The predicted molar refractivity (Wildman–Crippen MR) is 84.4 cm³/mol. The van der Waals surface area contributed by atoms with Crippen LogP contribution in [0.2, 0.25) is 0 Å². The minimum Gasteiger partial charge on any atom is -0.508 e. The molecule has 2 aromatic rings. The summed E-state index contributed by atoms with van der Waals surface area (Å²) in [6.45, 7) is 0. The fraction of sp³-hybridized carbons (Fsp3) is 0.368. The second-order valence-electron chi connectivity index (χ2n) is 6.64. The number of benzene rings is 2. The van der Waals surface area contributed by atoms with Gasteiger partial charge in [0.1, 0.15) is 17.2 Å². The molecule has 3 atom stereocenters. The molecular formula is C19H20O3. The van der Waals surface area contributed by atoms with E-state index in [1.807, 2.05) is 18.2 Å². The monoisotopic (exact) mass is 296 g/mol. The Morgan fingerprint density at radius 3 is 2.36 bits per heavy atom. The van der Waals surface area contributed by atoms with Crippen LogP contribution in [0.4, 0.5) is 0 Å². The first-order valence-electron chi connectivity index (χ1n) is 7.97. The standard InChI is InChI=1S/C19H20O3/c20-12-6-4-11(5-7-12)16-10-18-17(8-13(21)9-19(18)22)15-3-1-2-14(15)16/h4-9,14-16,20-22H,1-3,10H2/t14-,15+,16-/m0/s1. The summed E-state index contributed by atoms with van der Waals surface area (Å²) < 4.78 is 0. The molecule has 4 rings (SSSR count). The van der Waals surface area contributed by atoms with E-state index in [2.05, 4.69) is 0 Å². The summed E-state index contributed by atoms with van der Waals surface area (Å²) in [5, 5.41) is 29.6. The summed E-state index contributed by atoms with van der Waals surface area (Å²) in [7, 11) is 0. The summed E-state index contributed by atoms with van der Waals surface area (Å²) in [5.41, 5.74) is 3.35. The van der Waals surface area contributed by atoms with Crippen molar-refractivity contribution in [1.29, 1.82) is 0 Å². The molecule has 0 unspecified atom stereocenters. The average molecular weight is 296 g/mol. The minimum atomic E-state index is 0.157. The largest absolute Gasteiger partial charge is 0.508 e.